The van der Waals surface area contributed by atoms with Crippen LogP contribution in [-0.2, 0) is 9.59 Å². The van der Waals surface area contributed by atoms with Gasteiger partial charge in [-0.2, -0.15) is 0 Å². The highest BCUT2D eigenvalue weighted by molar-refractivity contribution is 7.12. The maximum atomic E-state index is 11.9. The number of carbonyl (C=O) groups is 2. The molecule has 2 amide bonds. The van der Waals surface area contributed by atoms with E-state index in [0.29, 0.717) is 0 Å². The Labute approximate surface area is 125 Å². The lowest BCUT2D eigenvalue weighted by molar-refractivity contribution is -0.131. The van der Waals surface area contributed by atoms with Crippen LogP contribution in [0.2, 0.25) is 0 Å². The molecular weight excluding hydrogens is 272 g/mol. The van der Waals surface area contributed by atoms with E-state index >= 15 is 0 Å². The Morgan fingerprint density at radius 1 is 1.30 bits per heavy atom. The molecule has 0 fully saturated rings. The molecule has 0 radical (unpaired) electrons. The van der Waals surface area contributed by atoms with Gasteiger partial charge in [0.1, 0.15) is 0 Å². The lowest BCUT2D eigenvalue weighted by atomic mass is 9.96. The molecule has 5 heteroatoms. The molecule has 0 bridgehead atoms. The van der Waals surface area contributed by atoms with Crippen LogP contribution in [0.1, 0.15) is 49.1 Å². The molecule has 1 rings (SSSR count). The number of hydrogen-bond donors (Lipinski definition) is 2. The summed E-state index contributed by atoms with van der Waals surface area (Å²) in [6, 6.07) is 2.05. The molecule has 1 aromatic heterocycles. The maximum Gasteiger partial charge on any atom is 0.239 e. The normalized spacial score (nSPS) is 12.9. The molecule has 0 aromatic carbocycles. The van der Waals surface area contributed by atoms with Crippen LogP contribution in [0.5, 0.6) is 0 Å². The van der Waals surface area contributed by atoms with Gasteiger partial charge in [-0.1, -0.05) is 20.8 Å². The van der Waals surface area contributed by atoms with E-state index in [1.807, 2.05) is 27.7 Å². The number of hydrogen-bond acceptors (Lipinski definition) is 3. The van der Waals surface area contributed by atoms with Crippen molar-refractivity contribution < 1.29 is 9.59 Å². The van der Waals surface area contributed by atoms with E-state index in [2.05, 4.69) is 30.5 Å². The number of nitrogens with one attached hydrogen (secondary N) is 2. The van der Waals surface area contributed by atoms with Gasteiger partial charge in [0, 0.05) is 15.2 Å². The third kappa shape index (κ3) is 4.63. The summed E-state index contributed by atoms with van der Waals surface area (Å²) in [7, 11) is 0. The first-order valence-electron chi connectivity index (χ1n) is 6.76. The molecule has 1 aromatic rings. The predicted octanol–water partition coefficient (Wildman–Crippen LogP) is 2.70. The van der Waals surface area contributed by atoms with Crippen molar-refractivity contribution in [2.45, 2.75) is 47.6 Å². The fraction of sp³-hybridized carbons (Fsp3) is 0.600. The molecule has 0 saturated heterocycles. The highest BCUT2D eigenvalue weighted by Gasteiger charge is 2.22. The van der Waals surface area contributed by atoms with Crippen molar-refractivity contribution in [1.82, 2.24) is 10.6 Å². The van der Waals surface area contributed by atoms with Crippen molar-refractivity contribution in [3.05, 3.63) is 21.4 Å². The smallest absolute Gasteiger partial charge is 0.239 e. The largest absolute Gasteiger partial charge is 0.348 e. The van der Waals surface area contributed by atoms with Gasteiger partial charge in [0.2, 0.25) is 11.8 Å². The Morgan fingerprint density at radius 2 is 1.90 bits per heavy atom. The van der Waals surface area contributed by atoms with Crippen molar-refractivity contribution in [2.75, 3.05) is 6.54 Å². The average molecular weight is 296 g/mol. The average Bonchev–Trinajstić information content (AvgIpc) is 2.64. The van der Waals surface area contributed by atoms with Crippen LogP contribution in [0.3, 0.4) is 0 Å². The fourth-order valence-electron chi connectivity index (χ4n) is 1.88. The van der Waals surface area contributed by atoms with Gasteiger partial charge in [0.15, 0.2) is 0 Å². The van der Waals surface area contributed by atoms with Crippen molar-refractivity contribution >= 4 is 23.2 Å². The highest BCUT2D eigenvalue weighted by Crippen LogP contribution is 2.25. The quantitative estimate of drug-likeness (QED) is 0.897. The number of rotatable bonds is 4. The summed E-state index contributed by atoms with van der Waals surface area (Å²) in [4.78, 5) is 26.0. The Kier molecular flexibility index (Phi) is 5.34. The van der Waals surface area contributed by atoms with Crippen LogP contribution in [0.25, 0.3) is 0 Å². The lowest BCUT2D eigenvalue weighted by Crippen LogP contribution is -2.42. The van der Waals surface area contributed by atoms with Crippen LogP contribution in [0.4, 0.5) is 0 Å². The first-order valence-corrected chi connectivity index (χ1v) is 7.57. The van der Waals surface area contributed by atoms with Crippen LogP contribution < -0.4 is 10.6 Å². The summed E-state index contributed by atoms with van der Waals surface area (Å²) >= 11 is 1.73. The first-order chi connectivity index (χ1) is 9.11. The minimum absolute atomic E-state index is 0.0165. The zero-order valence-corrected chi connectivity index (χ0v) is 13.9. The monoisotopic (exact) mass is 296 g/mol. The molecule has 1 atom stereocenters. The predicted molar refractivity (Wildman–Crippen MR) is 82.8 cm³/mol. The van der Waals surface area contributed by atoms with Crippen LogP contribution in [-0.4, -0.2) is 18.4 Å². The number of amides is 2. The number of carbonyl (C=O) groups excluding carboxylic acids is 2. The van der Waals surface area contributed by atoms with Crippen LogP contribution >= 0.6 is 11.3 Å². The first kappa shape index (κ1) is 16.7. The molecule has 0 spiro atoms. The SMILES string of the molecule is Cc1cc(C(C)NC(=O)CNC(=O)C(C)(C)C)c(C)s1. The van der Waals surface area contributed by atoms with E-state index in [1.54, 1.807) is 11.3 Å². The molecule has 112 valence electrons. The maximum absolute atomic E-state index is 11.9. The number of aryl methyl sites for hydroxylation is 2. The van der Waals surface area contributed by atoms with Crippen molar-refractivity contribution in [3.8, 4) is 0 Å². The Morgan fingerprint density at radius 3 is 2.35 bits per heavy atom. The molecule has 1 heterocycles. The van der Waals surface area contributed by atoms with E-state index in [1.165, 1.54) is 9.75 Å². The van der Waals surface area contributed by atoms with Gasteiger partial charge < -0.3 is 10.6 Å². The van der Waals surface area contributed by atoms with Gasteiger partial charge in [0.25, 0.3) is 0 Å². The van der Waals surface area contributed by atoms with Gasteiger partial charge in [-0.15, -0.1) is 11.3 Å². The molecule has 4 nitrogen and oxygen atoms in total. The van der Waals surface area contributed by atoms with Gasteiger partial charge in [0.05, 0.1) is 12.6 Å². The number of thiophene rings is 1. The summed E-state index contributed by atoms with van der Waals surface area (Å²) in [5.41, 5.74) is 0.662. The van der Waals surface area contributed by atoms with E-state index in [4.69, 9.17) is 0 Å². The Hall–Kier alpha value is -1.36. The van der Waals surface area contributed by atoms with Crippen LogP contribution in [0.15, 0.2) is 6.07 Å². The molecule has 1 unspecified atom stereocenters. The fourth-order valence-corrected chi connectivity index (χ4v) is 2.90. The highest BCUT2D eigenvalue weighted by atomic mass is 32.1. The minimum atomic E-state index is -0.479. The summed E-state index contributed by atoms with van der Waals surface area (Å²) in [5.74, 6) is -0.291. The molecule has 0 saturated carbocycles. The third-order valence-electron chi connectivity index (χ3n) is 3.01. The minimum Gasteiger partial charge on any atom is -0.348 e. The second-order valence-corrected chi connectivity index (χ2v) is 7.55. The second-order valence-electron chi connectivity index (χ2n) is 6.09. The summed E-state index contributed by atoms with van der Waals surface area (Å²) in [5, 5.41) is 5.56. The third-order valence-corrected chi connectivity index (χ3v) is 4.00. The Balaban J connectivity index is 2.51. The lowest BCUT2D eigenvalue weighted by Gasteiger charge is -2.18. The van der Waals surface area contributed by atoms with Gasteiger partial charge in [-0.3, -0.25) is 9.59 Å². The molecule has 0 aliphatic heterocycles. The topological polar surface area (TPSA) is 58.2 Å². The molecule has 0 aliphatic carbocycles. The zero-order valence-electron chi connectivity index (χ0n) is 13.1. The molecular formula is C15H24N2O2S. The van der Waals surface area contributed by atoms with E-state index in [9.17, 15) is 9.59 Å². The van der Waals surface area contributed by atoms with E-state index in [-0.39, 0.29) is 24.4 Å². The molecule has 0 aliphatic rings. The standard InChI is InChI=1S/C15H24N2O2S/c1-9-7-12(11(3)20-9)10(2)17-13(18)8-16-14(19)15(4,5)6/h7,10H,8H2,1-6H3,(H,16,19)(H,17,18). The Bertz CT molecular complexity index is 500. The van der Waals surface area contributed by atoms with E-state index < -0.39 is 5.41 Å². The zero-order chi connectivity index (χ0) is 15.5. The van der Waals surface area contributed by atoms with E-state index in [0.717, 1.165) is 5.56 Å². The molecule has 20 heavy (non-hydrogen) atoms. The van der Waals surface area contributed by atoms with Gasteiger partial charge in [-0.05, 0) is 32.4 Å². The van der Waals surface area contributed by atoms with Gasteiger partial charge in [-0.25, -0.2) is 0 Å². The van der Waals surface area contributed by atoms with Crippen molar-refractivity contribution in [3.63, 3.8) is 0 Å². The van der Waals surface area contributed by atoms with Crippen molar-refractivity contribution in [2.24, 2.45) is 5.41 Å². The summed E-state index contributed by atoms with van der Waals surface area (Å²) in [6.07, 6.45) is 0. The molecule has 2 N–H and O–H groups in total. The van der Waals surface area contributed by atoms with Crippen LogP contribution in [0, 0.1) is 19.3 Å². The van der Waals surface area contributed by atoms with Gasteiger partial charge >= 0.3 is 0 Å². The second kappa shape index (κ2) is 6.39. The van der Waals surface area contributed by atoms with Crippen molar-refractivity contribution in [1.29, 1.82) is 0 Å². The summed E-state index contributed by atoms with van der Waals surface area (Å²) < 4.78 is 0. The summed E-state index contributed by atoms with van der Waals surface area (Å²) in [6.45, 7) is 11.5.